The van der Waals surface area contributed by atoms with E-state index in [1.165, 1.54) is 5.82 Å². The maximum absolute atomic E-state index is 12.3. The Morgan fingerprint density at radius 2 is 2.20 bits per heavy atom. The summed E-state index contributed by atoms with van der Waals surface area (Å²) in [5.74, 6) is 1.86. The van der Waals surface area contributed by atoms with E-state index in [0.29, 0.717) is 5.92 Å². The van der Waals surface area contributed by atoms with E-state index in [9.17, 15) is 4.79 Å². The molecule has 2 fully saturated rings. The molecule has 1 atom stereocenters. The average molecular weight is 277 g/mol. The summed E-state index contributed by atoms with van der Waals surface area (Å²) in [6.07, 6.45) is 7.66. The van der Waals surface area contributed by atoms with E-state index in [2.05, 4.69) is 16.5 Å². The number of nitrogens with zero attached hydrogens (tertiary/aromatic N) is 3. The van der Waals surface area contributed by atoms with Crippen LogP contribution in [0.5, 0.6) is 0 Å². The molecule has 0 radical (unpaired) electrons. The molecule has 20 heavy (non-hydrogen) atoms. The molecule has 0 spiro atoms. The zero-order chi connectivity index (χ0) is 13.9. The Balaban J connectivity index is 1.58. The highest BCUT2D eigenvalue weighted by Gasteiger charge is 2.32. The van der Waals surface area contributed by atoms with Crippen molar-refractivity contribution >= 4 is 5.91 Å². The fraction of sp³-hybridized carbons (Fsp3) is 0.733. The number of aryl methyl sites for hydroxylation is 1. The van der Waals surface area contributed by atoms with Gasteiger partial charge in [0.2, 0.25) is 0 Å². The second kappa shape index (κ2) is 5.95. The van der Waals surface area contributed by atoms with Crippen LogP contribution in [-0.2, 0) is 16.1 Å². The monoisotopic (exact) mass is 277 g/mol. The number of imidazole rings is 1. The molecule has 5 nitrogen and oxygen atoms in total. The largest absolute Gasteiger partial charge is 0.368 e. The summed E-state index contributed by atoms with van der Waals surface area (Å²) in [6.45, 7) is 5.51. The Morgan fingerprint density at radius 3 is 2.85 bits per heavy atom. The van der Waals surface area contributed by atoms with E-state index in [1.54, 1.807) is 0 Å². The number of hydrogen-bond acceptors (Lipinski definition) is 3. The van der Waals surface area contributed by atoms with Gasteiger partial charge in [0.1, 0.15) is 11.9 Å². The highest BCUT2D eigenvalue weighted by Crippen LogP contribution is 2.28. The first-order chi connectivity index (χ1) is 9.79. The van der Waals surface area contributed by atoms with Crippen LogP contribution in [0, 0.1) is 0 Å². The molecule has 0 aromatic carbocycles. The molecule has 3 heterocycles. The van der Waals surface area contributed by atoms with Crippen molar-refractivity contribution in [1.29, 1.82) is 0 Å². The van der Waals surface area contributed by atoms with Crippen LogP contribution in [-0.4, -0.2) is 46.2 Å². The number of amides is 1. The number of carbonyl (C=O) groups is 1. The molecule has 1 amide bonds. The molecule has 1 aromatic rings. The summed E-state index contributed by atoms with van der Waals surface area (Å²) in [4.78, 5) is 18.8. The Kier molecular flexibility index (Phi) is 4.05. The molecule has 110 valence electrons. The van der Waals surface area contributed by atoms with Crippen LogP contribution in [0.3, 0.4) is 0 Å². The van der Waals surface area contributed by atoms with Gasteiger partial charge in [-0.25, -0.2) is 4.98 Å². The Labute approximate surface area is 119 Å². The first-order valence-corrected chi connectivity index (χ1v) is 7.71. The smallest absolute Gasteiger partial charge is 0.251 e. The van der Waals surface area contributed by atoms with Crippen molar-refractivity contribution in [1.82, 2.24) is 14.5 Å². The van der Waals surface area contributed by atoms with Gasteiger partial charge in [-0.3, -0.25) is 4.79 Å². The van der Waals surface area contributed by atoms with Crippen LogP contribution in [0.15, 0.2) is 12.4 Å². The molecular formula is C15H23N3O2. The van der Waals surface area contributed by atoms with Gasteiger partial charge < -0.3 is 14.2 Å². The fourth-order valence-electron chi connectivity index (χ4n) is 3.28. The molecule has 0 saturated carbocycles. The second-order valence-electron chi connectivity index (χ2n) is 5.67. The Morgan fingerprint density at radius 1 is 1.40 bits per heavy atom. The van der Waals surface area contributed by atoms with Gasteiger partial charge in [0.15, 0.2) is 0 Å². The molecule has 2 aliphatic heterocycles. The molecule has 5 heteroatoms. The van der Waals surface area contributed by atoms with Crippen molar-refractivity contribution in [3.63, 3.8) is 0 Å². The van der Waals surface area contributed by atoms with Crippen molar-refractivity contribution in [2.75, 3.05) is 19.7 Å². The number of aromatic nitrogens is 2. The van der Waals surface area contributed by atoms with Crippen LogP contribution in [0.2, 0.25) is 0 Å². The molecule has 3 rings (SSSR count). The van der Waals surface area contributed by atoms with E-state index < -0.39 is 0 Å². The lowest BCUT2D eigenvalue weighted by Crippen LogP contribution is -2.43. The minimum atomic E-state index is -0.177. The lowest BCUT2D eigenvalue weighted by molar-refractivity contribution is -0.142. The number of hydrogen-bond donors (Lipinski definition) is 0. The molecule has 1 aromatic heterocycles. The minimum absolute atomic E-state index is 0.177. The number of ether oxygens (including phenoxy) is 1. The van der Waals surface area contributed by atoms with E-state index >= 15 is 0 Å². The maximum Gasteiger partial charge on any atom is 0.251 e. The molecule has 2 saturated heterocycles. The number of likely N-dealkylation sites (tertiary alicyclic amines) is 1. The number of carbonyl (C=O) groups excluding carboxylic acids is 1. The molecule has 2 aliphatic rings. The van der Waals surface area contributed by atoms with Crippen LogP contribution in [0.1, 0.15) is 44.3 Å². The van der Waals surface area contributed by atoms with Gasteiger partial charge in [-0.15, -0.1) is 0 Å². The second-order valence-corrected chi connectivity index (χ2v) is 5.67. The van der Waals surface area contributed by atoms with Gasteiger partial charge in [0, 0.05) is 44.6 Å². The van der Waals surface area contributed by atoms with Crippen LogP contribution in [0.4, 0.5) is 0 Å². The number of piperidine rings is 1. The van der Waals surface area contributed by atoms with Gasteiger partial charge in [0.25, 0.3) is 5.91 Å². The van der Waals surface area contributed by atoms with Crippen LogP contribution in [0.25, 0.3) is 0 Å². The molecule has 0 bridgehead atoms. The van der Waals surface area contributed by atoms with E-state index in [1.807, 2.05) is 17.3 Å². The van der Waals surface area contributed by atoms with Crippen LogP contribution < -0.4 is 0 Å². The van der Waals surface area contributed by atoms with E-state index in [0.717, 1.165) is 51.9 Å². The molecule has 0 unspecified atom stereocenters. The summed E-state index contributed by atoms with van der Waals surface area (Å²) in [7, 11) is 0. The zero-order valence-electron chi connectivity index (χ0n) is 12.1. The maximum atomic E-state index is 12.3. The molecule has 0 N–H and O–H groups in total. The first-order valence-electron chi connectivity index (χ1n) is 7.71. The standard InChI is InChI=1S/C15H23N3O2/c1-2-17-10-7-16-14(17)12-5-8-18(9-6-12)15(19)13-4-3-11-20-13/h7,10,12-13H,2-6,8-9,11H2,1H3/t13-/m0/s1. The Hall–Kier alpha value is -1.36. The van der Waals surface area contributed by atoms with Gasteiger partial charge >= 0.3 is 0 Å². The quantitative estimate of drug-likeness (QED) is 0.846. The third-order valence-electron chi connectivity index (χ3n) is 4.47. The van der Waals surface area contributed by atoms with Gasteiger partial charge in [0.05, 0.1) is 0 Å². The van der Waals surface area contributed by atoms with Crippen molar-refractivity contribution in [2.45, 2.75) is 51.2 Å². The Bertz CT molecular complexity index is 457. The zero-order valence-corrected chi connectivity index (χ0v) is 12.1. The average Bonchev–Trinajstić information content (AvgIpc) is 3.17. The summed E-state index contributed by atoms with van der Waals surface area (Å²) in [5, 5.41) is 0. The highest BCUT2D eigenvalue weighted by molar-refractivity contribution is 5.81. The lowest BCUT2D eigenvalue weighted by Gasteiger charge is -2.33. The summed E-state index contributed by atoms with van der Waals surface area (Å²) >= 11 is 0. The third kappa shape index (κ3) is 2.59. The van der Waals surface area contributed by atoms with Crippen molar-refractivity contribution < 1.29 is 9.53 Å². The number of rotatable bonds is 3. The normalized spacial score (nSPS) is 24.2. The molecule has 0 aliphatic carbocycles. The summed E-state index contributed by atoms with van der Waals surface area (Å²) < 4.78 is 7.71. The van der Waals surface area contributed by atoms with Gasteiger partial charge in [-0.05, 0) is 32.6 Å². The summed E-state index contributed by atoms with van der Waals surface area (Å²) in [6, 6.07) is 0. The predicted molar refractivity (Wildman–Crippen MR) is 75.4 cm³/mol. The van der Waals surface area contributed by atoms with E-state index in [4.69, 9.17) is 4.74 Å². The van der Waals surface area contributed by atoms with Gasteiger partial charge in [-0.2, -0.15) is 0 Å². The van der Waals surface area contributed by atoms with Crippen LogP contribution >= 0.6 is 0 Å². The first kappa shape index (κ1) is 13.6. The lowest BCUT2D eigenvalue weighted by atomic mass is 9.95. The predicted octanol–water partition coefficient (Wildman–Crippen LogP) is 1.79. The van der Waals surface area contributed by atoms with Crippen molar-refractivity contribution in [3.05, 3.63) is 18.2 Å². The van der Waals surface area contributed by atoms with Gasteiger partial charge in [-0.1, -0.05) is 0 Å². The SMILES string of the molecule is CCn1ccnc1C1CCN(C(=O)[C@@H]2CCCO2)CC1. The minimum Gasteiger partial charge on any atom is -0.368 e. The topological polar surface area (TPSA) is 47.4 Å². The fourth-order valence-corrected chi connectivity index (χ4v) is 3.28. The highest BCUT2D eigenvalue weighted by atomic mass is 16.5. The summed E-state index contributed by atoms with van der Waals surface area (Å²) in [5.41, 5.74) is 0. The van der Waals surface area contributed by atoms with E-state index in [-0.39, 0.29) is 12.0 Å². The molecular weight excluding hydrogens is 254 g/mol. The van der Waals surface area contributed by atoms with Crippen molar-refractivity contribution in [2.24, 2.45) is 0 Å². The van der Waals surface area contributed by atoms with Crippen molar-refractivity contribution in [3.8, 4) is 0 Å². The third-order valence-corrected chi connectivity index (χ3v) is 4.47.